The van der Waals surface area contributed by atoms with Crippen molar-refractivity contribution in [3.63, 3.8) is 0 Å². The van der Waals surface area contributed by atoms with E-state index >= 15 is 0 Å². The number of nitrogens with one attached hydrogen (secondary N) is 2. The monoisotopic (exact) mass is 294 g/mol. The number of methoxy groups -OCH3 is 1. The standard InChI is InChI=1S/C12H26N2O4S/c1-10(11(15)13-7-6-8-18-4)14-9-12(2,3)19(5,16)17/h10,14H,6-9H2,1-5H3,(H,13,15). The van der Waals surface area contributed by atoms with Gasteiger partial charge in [-0.15, -0.1) is 0 Å². The molecule has 0 saturated carbocycles. The van der Waals surface area contributed by atoms with Gasteiger partial charge in [0.15, 0.2) is 9.84 Å². The van der Waals surface area contributed by atoms with Crippen LogP contribution >= 0.6 is 0 Å². The van der Waals surface area contributed by atoms with Crippen molar-refractivity contribution in [3.05, 3.63) is 0 Å². The summed E-state index contributed by atoms with van der Waals surface area (Å²) in [6.07, 6.45) is 1.95. The first-order valence-electron chi connectivity index (χ1n) is 6.31. The molecule has 6 nitrogen and oxygen atoms in total. The van der Waals surface area contributed by atoms with E-state index in [1.807, 2.05) is 0 Å². The van der Waals surface area contributed by atoms with Gasteiger partial charge in [0.2, 0.25) is 5.91 Å². The van der Waals surface area contributed by atoms with Gasteiger partial charge in [0.05, 0.1) is 10.8 Å². The fourth-order valence-corrected chi connectivity index (χ4v) is 1.55. The number of ether oxygens (including phenoxy) is 1. The second-order valence-electron chi connectivity index (χ2n) is 5.27. The smallest absolute Gasteiger partial charge is 0.236 e. The summed E-state index contributed by atoms with van der Waals surface area (Å²) in [5, 5.41) is 5.71. The molecule has 0 aliphatic heterocycles. The van der Waals surface area contributed by atoms with Gasteiger partial charge in [-0.25, -0.2) is 8.42 Å². The van der Waals surface area contributed by atoms with E-state index in [1.54, 1.807) is 27.9 Å². The molecule has 0 saturated heterocycles. The molecule has 1 unspecified atom stereocenters. The molecule has 0 aromatic carbocycles. The van der Waals surface area contributed by atoms with Gasteiger partial charge < -0.3 is 15.4 Å². The van der Waals surface area contributed by atoms with Gasteiger partial charge in [0.1, 0.15) is 0 Å². The number of carbonyl (C=O) groups excluding carboxylic acids is 1. The predicted molar refractivity (Wildman–Crippen MR) is 75.9 cm³/mol. The Bertz CT molecular complexity index is 379. The SMILES string of the molecule is COCCCNC(=O)C(C)NCC(C)(C)S(C)(=O)=O. The van der Waals surface area contributed by atoms with Gasteiger partial charge in [-0.1, -0.05) is 0 Å². The quantitative estimate of drug-likeness (QED) is 0.582. The number of amides is 1. The molecule has 0 spiro atoms. The summed E-state index contributed by atoms with van der Waals surface area (Å²) in [4.78, 5) is 11.7. The van der Waals surface area contributed by atoms with Gasteiger partial charge in [-0.05, 0) is 27.2 Å². The highest BCUT2D eigenvalue weighted by Gasteiger charge is 2.30. The predicted octanol–water partition coefficient (Wildman–Crippen LogP) is -0.0596. The van der Waals surface area contributed by atoms with Crippen molar-refractivity contribution in [1.82, 2.24) is 10.6 Å². The van der Waals surface area contributed by atoms with Crippen LogP contribution in [-0.2, 0) is 19.4 Å². The Labute approximate surface area is 116 Å². The van der Waals surface area contributed by atoms with Crippen LogP contribution in [0.15, 0.2) is 0 Å². The van der Waals surface area contributed by atoms with E-state index in [0.29, 0.717) is 13.2 Å². The van der Waals surface area contributed by atoms with E-state index < -0.39 is 20.6 Å². The van der Waals surface area contributed by atoms with E-state index in [4.69, 9.17) is 4.74 Å². The maximum Gasteiger partial charge on any atom is 0.236 e. The number of hydrogen-bond donors (Lipinski definition) is 2. The van der Waals surface area contributed by atoms with E-state index in [0.717, 1.165) is 6.42 Å². The molecule has 0 radical (unpaired) electrons. The Morgan fingerprint density at radius 2 is 1.95 bits per heavy atom. The molecular weight excluding hydrogens is 268 g/mol. The van der Waals surface area contributed by atoms with Crippen LogP contribution in [-0.4, -0.2) is 58.2 Å². The number of sulfone groups is 1. The first-order valence-corrected chi connectivity index (χ1v) is 8.20. The van der Waals surface area contributed by atoms with E-state index in [9.17, 15) is 13.2 Å². The summed E-state index contributed by atoms with van der Waals surface area (Å²) < 4.78 is 27.0. The Balaban J connectivity index is 4.10. The van der Waals surface area contributed by atoms with Gasteiger partial charge in [-0.3, -0.25) is 4.79 Å². The Hall–Kier alpha value is -0.660. The van der Waals surface area contributed by atoms with E-state index in [1.165, 1.54) is 6.26 Å². The van der Waals surface area contributed by atoms with Gasteiger partial charge >= 0.3 is 0 Å². The third-order valence-corrected chi connectivity index (χ3v) is 5.21. The third kappa shape index (κ3) is 6.89. The molecule has 0 rings (SSSR count). The zero-order chi connectivity index (χ0) is 15.1. The highest BCUT2D eigenvalue weighted by atomic mass is 32.2. The normalized spacial score (nSPS) is 14.2. The largest absolute Gasteiger partial charge is 0.385 e. The molecule has 2 N–H and O–H groups in total. The van der Waals surface area contributed by atoms with Crippen molar-refractivity contribution in [2.75, 3.05) is 33.1 Å². The average Bonchev–Trinajstić information content (AvgIpc) is 2.30. The molecule has 0 aromatic rings. The minimum absolute atomic E-state index is 0.139. The molecule has 0 bridgehead atoms. The van der Waals surface area contributed by atoms with E-state index in [2.05, 4.69) is 10.6 Å². The first-order chi connectivity index (χ1) is 8.62. The summed E-state index contributed by atoms with van der Waals surface area (Å²) >= 11 is 0. The summed E-state index contributed by atoms with van der Waals surface area (Å²) in [5.41, 5.74) is 0. The van der Waals surface area contributed by atoms with Crippen LogP contribution in [0, 0.1) is 0 Å². The minimum atomic E-state index is -3.16. The third-order valence-electron chi connectivity index (χ3n) is 3.06. The maximum atomic E-state index is 11.7. The zero-order valence-electron chi connectivity index (χ0n) is 12.4. The topological polar surface area (TPSA) is 84.5 Å². The maximum absolute atomic E-state index is 11.7. The number of rotatable bonds is 9. The lowest BCUT2D eigenvalue weighted by Gasteiger charge is -2.25. The second kappa shape index (κ2) is 7.81. The fourth-order valence-electron chi connectivity index (χ4n) is 1.20. The summed E-state index contributed by atoms with van der Waals surface area (Å²) in [7, 11) is -1.55. The Morgan fingerprint density at radius 3 is 2.42 bits per heavy atom. The van der Waals surface area contributed by atoms with Gasteiger partial charge in [-0.2, -0.15) is 0 Å². The van der Waals surface area contributed by atoms with Crippen molar-refractivity contribution in [2.24, 2.45) is 0 Å². The van der Waals surface area contributed by atoms with Gasteiger partial charge in [0.25, 0.3) is 0 Å². The molecule has 0 heterocycles. The van der Waals surface area contributed by atoms with Gasteiger partial charge in [0, 0.05) is 33.1 Å². The fraction of sp³-hybridized carbons (Fsp3) is 0.917. The van der Waals surface area contributed by atoms with Crippen LogP contribution in [0.25, 0.3) is 0 Å². The molecule has 0 aromatic heterocycles. The zero-order valence-corrected chi connectivity index (χ0v) is 13.3. The van der Waals surface area contributed by atoms with Crippen molar-refractivity contribution >= 4 is 15.7 Å². The minimum Gasteiger partial charge on any atom is -0.385 e. The summed E-state index contributed by atoms with van der Waals surface area (Å²) in [5.74, 6) is -0.139. The molecule has 7 heteroatoms. The van der Waals surface area contributed by atoms with Crippen molar-refractivity contribution < 1.29 is 17.9 Å². The summed E-state index contributed by atoms with van der Waals surface area (Å²) in [6, 6.07) is -0.427. The van der Waals surface area contributed by atoms with Crippen molar-refractivity contribution in [1.29, 1.82) is 0 Å². The molecule has 19 heavy (non-hydrogen) atoms. The molecule has 0 aliphatic carbocycles. The number of hydrogen-bond acceptors (Lipinski definition) is 5. The Kier molecular flexibility index (Phi) is 7.54. The van der Waals surface area contributed by atoms with E-state index in [-0.39, 0.29) is 12.5 Å². The molecule has 114 valence electrons. The summed E-state index contributed by atoms with van der Waals surface area (Å²) in [6.45, 7) is 6.37. The molecule has 1 amide bonds. The highest BCUT2D eigenvalue weighted by molar-refractivity contribution is 7.92. The lowest BCUT2D eigenvalue weighted by atomic mass is 10.2. The van der Waals surface area contributed by atoms with Crippen LogP contribution in [0.1, 0.15) is 27.2 Å². The van der Waals surface area contributed by atoms with Crippen LogP contribution < -0.4 is 10.6 Å². The first kappa shape index (κ1) is 18.3. The van der Waals surface area contributed by atoms with Crippen molar-refractivity contribution in [2.45, 2.75) is 38.0 Å². The molecular formula is C12H26N2O4S. The molecule has 0 fully saturated rings. The lowest BCUT2D eigenvalue weighted by molar-refractivity contribution is -0.122. The lowest BCUT2D eigenvalue weighted by Crippen LogP contribution is -2.49. The van der Waals surface area contributed by atoms with Crippen LogP contribution in [0.2, 0.25) is 0 Å². The Morgan fingerprint density at radius 1 is 1.37 bits per heavy atom. The van der Waals surface area contributed by atoms with Crippen molar-refractivity contribution in [3.8, 4) is 0 Å². The second-order valence-corrected chi connectivity index (χ2v) is 7.92. The molecule has 0 aliphatic rings. The number of carbonyl (C=O) groups is 1. The highest BCUT2D eigenvalue weighted by Crippen LogP contribution is 2.13. The average molecular weight is 294 g/mol. The van der Waals surface area contributed by atoms with Crippen LogP contribution in [0.3, 0.4) is 0 Å². The molecule has 1 atom stereocenters. The van der Waals surface area contributed by atoms with Crippen LogP contribution in [0.5, 0.6) is 0 Å². The van der Waals surface area contributed by atoms with Crippen LogP contribution in [0.4, 0.5) is 0 Å².